The Kier molecular flexibility index (Phi) is 5.87. The molecule has 0 aliphatic rings. The number of fused-ring (bicyclic) bond motifs is 1. The maximum Gasteiger partial charge on any atom is 0.357 e. The molecule has 1 heterocycles. The van der Waals surface area contributed by atoms with Crippen LogP contribution in [0, 0.1) is 10.1 Å². The Morgan fingerprint density at radius 1 is 0.969 bits per heavy atom. The fourth-order valence-electron chi connectivity index (χ4n) is 3.28. The molecule has 160 valence electrons. The zero-order chi connectivity index (χ0) is 22.7. The molecule has 0 bridgehead atoms. The highest BCUT2D eigenvalue weighted by molar-refractivity contribution is 6.30. The topological polar surface area (TPSA) is 118 Å². The van der Waals surface area contributed by atoms with E-state index in [2.05, 4.69) is 4.98 Å². The molecule has 3 aromatic carbocycles. The lowest BCUT2D eigenvalue weighted by Crippen LogP contribution is -2.25. The number of aromatic nitrogens is 2. The second kappa shape index (κ2) is 8.91. The summed E-state index contributed by atoms with van der Waals surface area (Å²) in [5, 5.41) is 13.7. The smallest absolute Gasteiger partial charge is 0.357 e. The molecule has 0 saturated heterocycles. The molecule has 0 aliphatic carbocycles. The van der Waals surface area contributed by atoms with Gasteiger partial charge in [0, 0.05) is 10.6 Å². The van der Waals surface area contributed by atoms with E-state index in [1.54, 1.807) is 24.3 Å². The third kappa shape index (κ3) is 4.45. The van der Waals surface area contributed by atoms with E-state index in [1.165, 1.54) is 6.08 Å². The second-order valence-electron chi connectivity index (χ2n) is 6.87. The summed E-state index contributed by atoms with van der Waals surface area (Å²) in [5.41, 5.74) is -1.31. The summed E-state index contributed by atoms with van der Waals surface area (Å²) >= 11 is 5.93. The van der Waals surface area contributed by atoms with Gasteiger partial charge in [-0.15, -0.1) is 0 Å². The van der Waals surface area contributed by atoms with Crippen molar-refractivity contribution in [1.29, 1.82) is 0 Å². The van der Waals surface area contributed by atoms with Crippen molar-refractivity contribution in [2.75, 3.05) is 0 Å². The summed E-state index contributed by atoms with van der Waals surface area (Å²) in [7, 11) is 0. The van der Waals surface area contributed by atoms with Crippen LogP contribution in [-0.4, -0.2) is 14.9 Å². The monoisotopic (exact) mass is 449 g/mol. The van der Waals surface area contributed by atoms with E-state index in [9.17, 15) is 19.7 Å². The van der Waals surface area contributed by atoms with E-state index in [-0.39, 0.29) is 12.3 Å². The van der Waals surface area contributed by atoms with E-state index in [1.807, 2.05) is 47.4 Å². The van der Waals surface area contributed by atoms with Gasteiger partial charge in [-0.05, 0) is 46.7 Å². The maximum absolute atomic E-state index is 11.9. The predicted octanol–water partition coefficient (Wildman–Crippen LogP) is 4.53. The van der Waals surface area contributed by atoms with Crippen LogP contribution in [0.5, 0.6) is 5.75 Å². The molecule has 0 spiro atoms. The number of nitro groups is 1. The summed E-state index contributed by atoms with van der Waals surface area (Å²) in [6.07, 6.45) is 2.91. The number of aromatic amines is 2. The van der Waals surface area contributed by atoms with E-state index < -0.39 is 21.9 Å². The van der Waals surface area contributed by atoms with Gasteiger partial charge in [-0.2, -0.15) is 0 Å². The number of nitrogens with one attached hydrogen (secondary N) is 2. The number of ether oxygens (including phenoxy) is 1. The molecule has 1 aromatic heterocycles. The van der Waals surface area contributed by atoms with Gasteiger partial charge in [0.05, 0.1) is 4.92 Å². The Hall–Kier alpha value is -4.17. The first kappa shape index (κ1) is 21.1. The lowest BCUT2D eigenvalue weighted by atomic mass is 10.0. The highest BCUT2D eigenvalue weighted by Gasteiger charge is 2.19. The van der Waals surface area contributed by atoms with E-state index in [0.717, 1.165) is 16.3 Å². The Morgan fingerprint density at radius 3 is 2.47 bits per heavy atom. The fraction of sp³-hybridized carbons (Fsp3) is 0.0435. The highest BCUT2D eigenvalue weighted by atomic mass is 35.5. The van der Waals surface area contributed by atoms with Crippen LogP contribution >= 0.6 is 11.6 Å². The number of benzene rings is 3. The van der Waals surface area contributed by atoms with Crippen LogP contribution in [-0.2, 0) is 6.61 Å². The first-order valence-electron chi connectivity index (χ1n) is 9.50. The van der Waals surface area contributed by atoms with Crippen LogP contribution in [0.15, 0.2) is 70.3 Å². The number of nitrogens with zero attached hydrogens (tertiary/aromatic N) is 1. The molecule has 0 atom stereocenters. The SMILES string of the molecule is O=c1[nH]c(/C=C/c2c(OCc3ccc(Cl)cc3)ccc3ccccc23)c([N+](=O)[O-])c(=O)[nH]1. The molecule has 32 heavy (non-hydrogen) atoms. The van der Waals surface area contributed by atoms with Crippen molar-refractivity contribution in [3.8, 4) is 5.75 Å². The molecule has 4 aromatic rings. The quantitative estimate of drug-likeness (QED) is 0.331. The van der Waals surface area contributed by atoms with E-state index >= 15 is 0 Å². The van der Waals surface area contributed by atoms with Crippen LogP contribution in [0.4, 0.5) is 5.69 Å². The molecule has 0 unspecified atom stereocenters. The van der Waals surface area contributed by atoms with Crippen molar-refractivity contribution in [3.05, 3.63) is 113 Å². The Bertz CT molecular complexity index is 1460. The van der Waals surface area contributed by atoms with Crippen LogP contribution in [0.25, 0.3) is 22.9 Å². The zero-order valence-corrected chi connectivity index (χ0v) is 17.3. The number of hydrogen-bond acceptors (Lipinski definition) is 5. The zero-order valence-electron chi connectivity index (χ0n) is 16.5. The lowest BCUT2D eigenvalue weighted by Gasteiger charge is -2.12. The summed E-state index contributed by atoms with van der Waals surface area (Å²) in [6.45, 7) is 0.276. The summed E-state index contributed by atoms with van der Waals surface area (Å²) < 4.78 is 6.02. The van der Waals surface area contributed by atoms with Crippen LogP contribution < -0.4 is 16.0 Å². The van der Waals surface area contributed by atoms with Crippen molar-refractivity contribution in [2.24, 2.45) is 0 Å². The average Bonchev–Trinajstić information content (AvgIpc) is 2.76. The Morgan fingerprint density at radius 2 is 1.72 bits per heavy atom. The van der Waals surface area contributed by atoms with Crippen molar-refractivity contribution in [2.45, 2.75) is 6.61 Å². The largest absolute Gasteiger partial charge is 0.488 e. The fourth-order valence-corrected chi connectivity index (χ4v) is 3.41. The number of rotatable bonds is 6. The number of halogens is 1. The average molecular weight is 450 g/mol. The van der Waals surface area contributed by atoms with Crippen molar-refractivity contribution < 1.29 is 9.66 Å². The molecule has 4 rings (SSSR count). The van der Waals surface area contributed by atoms with Gasteiger partial charge in [0.25, 0.3) is 0 Å². The lowest BCUT2D eigenvalue weighted by molar-refractivity contribution is -0.386. The third-order valence-electron chi connectivity index (χ3n) is 4.78. The van der Waals surface area contributed by atoms with Gasteiger partial charge in [-0.1, -0.05) is 54.1 Å². The van der Waals surface area contributed by atoms with Gasteiger partial charge in [0.2, 0.25) is 0 Å². The van der Waals surface area contributed by atoms with Crippen LogP contribution in [0.3, 0.4) is 0 Å². The minimum atomic E-state index is -1.07. The second-order valence-corrected chi connectivity index (χ2v) is 7.31. The predicted molar refractivity (Wildman–Crippen MR) is 123 cm³/mol. The molecule has 0 aliphatic heterocycles. The van der Waals surface area contributed by atoms with Gasteiger partial charge < -0.3 is 9.72 Å². The van der Waals surface area contributed by atoms with E-state index in [4.69, 9.17) is 16.3 Å². The Balaban J connectivity index is 1.78. The van der Waals surface area contributed by atoms with Crippen LogP contribution in [0.1, 0.15) is 16.8 Å². The normalized spacial score (nSPS) is 11.2. The number of hydrogen-bond donors (Lipinski definition) is 2. The van der Waals surface area contributed by atoms with Crippen LogP contribution in [0.2, 0.25) is 5.02 Å². The summed E-state index contributed by atoms with van der Waals surface area (Å²) in [4.78, 5) is 38.2. The first-order chi connectivity index (χ1) is 15.4. The molecular weight excluding hydrogens is 434 g/mol. The van der Waals surface area contributed by atoms with Gasteiger partial charge in [-0.3, -0.25) is 19.9 Å². The van der Waals surface area contributed by atoms with E-state index in [0.29, 0.717) is 16.3 Å². The molecule has 8 nitrogen and oxygen atoms in total. The maximum atomic E-state index is 11.9. The van der Waals surface area contributed by atoms with Crippen molar-refractivity contribution >= 4 is 40.2 Å². The van der Waals surface area contributed by atoms with Gasteiger partial charge in [0.1, 0.15) is 18.1 Å². The molecule has 0 radical (unpaired) electrons. The number of H-pyrrole nitrogens is 2. The van der Waals surface area contributed by atoms with Crippen molar-refractivity contribution in [1.82, 2.24) is 9.97 Å². The minimum absolute atomic E-state index is 0.208. The minimum Gasteiger partial charge on any atom is -0.488 e. The molecule has 0 saturated carbocycles. The first-order valence-corrected chi connectivity index (χ1v) is 9.88. The Labute approximate surface area is 185 Å². The third-order valence-corrected chi connectivity index (χ3v) is 5.03. The van der Waals surface area contributed by atoms with Gasteiger partial charge in [0.15, 0.2) is 0 Å². The standard InChI is InChI=1S/C23H16ClN3O5/c24-16-8-5-14(6-9-16)13-32-20-12-7-15-3-1-2-4-17(15)18(20)10-11-19-21(27(30)31)22(28)26-23(29)25-19/h1-12H,13H2,(H2,25,26,28,29)/b11-10+. The summed E-state index contributed by atoms with van der Waals surface area (Å²) in [6, 6.07) is 18.5. The molecule has 0 fully saturated rings. The van der Waals surface area contributed by atoms with Gasteiger partial charge >= 0.3 is 16.9 Å². The summed E-state index contributed by atoms with van der Waals surface area (Å²) in [5.74, 6) is 0.532. The molecular formula is C23H16ClN3O5. The highest BCUT2D eigenvalue weighted by Crippen LogP contribution is 2.31. The molecule has 0 amide bonds. The van der Waals surface area contributed by atoms with Gasteiger partial charge in [-0.25, -0.2) is 4.79 Å². The molecule has 9 heteroatoms. The molecule has 2 N–H and O–H groups in total. The van der Waals surface area contributed by atoms with Crippen molar-refractivity contribution in [3.63, 3.8) is 0 Å².